The Morgan fingerprint density at radius 1 is 1.32 bits per heavy atom. The Kier molecular flexibility index (Phi) is 3.69. The van der Waals surface area contributed by atoms with Gasteiger partial charge in [-0.15, -0.1) is 11.3 Å². The molecule has 0 saturated carbocycles. The van der Waals surface area contributed by atoms with Crippen LogP contribution in [0.3, 0.4) is 0 Å². The van der Waals surface area contributed by atoms with Crippen molar-refractivity contribution in [2.75, 3.05) is 18.5 Å². The molecular weight excluding hydrogens is 300 g/mol. The molecule has 2 N–H and O–H groups in total. The molecule has 8 heteroatoms. The first kappa shape index (κ1) is 13.6. The van der Waals surface area contributed by atoms with Crippen LogP contribution in [-0.4, -0.2) is 38.4 Å². The van der Waals surface area contributed by atoms with Crippen LogP contribution in [0.25, 0.3) is 10.2 Å². The van der Waals surface area contributed by atoms with Crippen LogP contribution < -0.4 is 5.32 Å². The van der Waals surface area contributed by atoms with E-state index in [9.17, 15) is 0 Å². The van der Waals surface area contributed by atoms with Crippen LogP contribution in [0, 0.1) is 0 Å². The second-order valence-corrected chi connectivity index (χ2v) is 6.15. The monoisotopic (exact) mass is 316 g/mol. The molecule has 22 heavy (non-hydrogen) atoms. The molecule has 1 aliphatic rings. The van der Waals surface area contributed by atoms with Crippen LogP contribution >= 0.6 is 11.3 Å². The minimum atomic E-state index is 0.404. The van der Waals surface area contributed by atoms with E-state index in [-0.39, 0.29) is 0 Å². The largest absolute Gasteiger partial charge is 0.381 e. The molecule has 0 bridgehead atoms. The zero-order chi connectivity index (χ0) is 14.8. The summed E-state index contributed by atoms with van der Waals surface area (Å²) in [4.78, 5) is 13.1. The number of aromatic amines is 1. The number of thiophene rings is 1. The van der Waals surface area contributed by atoms with Crippen LogP contribution in [0.4, 0.5) is 5.82 Å². The maximum absolute atomic E-state index is 5.38. The van der Waals surface area contributed by atoms with Crippen molar-refractivity contribution in [2.24, 2.45) is 0 Å². The Bertz CT molecular complexity index is 763. The normalized spacial score (nSPS) is 16.2. The summed E-state index contributed by atoms with van der Waals surface area (Å²) < 4.78 is 6.44. The Hall–Kier alpha value is -2.06. The lowest BCUT2D eigenvalue weighted by Gasteiger charge is -2.18. The second-order valence-electron chi connectivity index (χ2n) is 5.24. The number of fused-ring (bicyclic) bond motifs is 1. The minimum absolute atomic E-state index is 0.404. The lowest BCUT2D eigenvalue weighted by atomic mass is 10.00. The molecule has 0 amide bonds. The lowest BCUT2D eigenvalue weighted by molar-refractivity contribution is 0.0836. The standard InChI is InChI=1S/C14H16N6OS/c1-4-21-5-2-9(1)13-18-11(19-20-13)7-15-14-12-10(3-6-22-12)16-8-17-14/h3,6,8-9H,1-2,4-5,7H2,(H,15,16,17)(H,18,19,20). The van der Waals surface area contributed by atoms with Crippen molar-refractivity contribution in [3.05, 3.63) is 29.4 Å². The van der Waals surface area contributed by atoms with Crippen molar-refractivity contribution in [1.29, 1.82) is 0 Å². The van der Waals surface area contributed by atoms with Gasteiger partial charge in [0.05, 0.1) is 16.8 Å². The Morgan fingerprint density at radius 3 is 3.14 bits per heavy atom. The van der Waals surface area contributed by atoms with E-state index in [0.29, 0.717) is 12.5 Å². The SMILES string of the molecule is c1nc(NCc2nc(C3CCOCC3)n[nH]2)c2sccc2n1. The number of nitrogens with one attached hydrogen (secondary N) is 2. The average Bonchev–Trinajstić information content (AvgIpc) is 3.23. The first-order chi connectivity index (χ1) is 10.9. The highest BCUT2D eigenvalue weighted by atomic mass is 32.1. The fraction of sp³-hybridized carbons (Fsp3) is 0.429. The maximum Gasteiger partial charge on any atom is 0.154 e. The van der Waals surface area contributed by atoms with Gasteiger partial charge in [0, 0.05) is 19.1 Å². The first-order valence-electron chi connectivity index (χ1n) is 7.31. The molecular formula is C14H16N6OS. The molecule has 7 nitrogen and oxygen atoms in total. The van der Waals surface area contributed by atoms with E-state index < -0.39 is 0 Å². The van der Waals surface area contributed by atoms with Gasteiger partial charge in [0.2, 0.25) is 0 Å². The van der Waals surface area contributed by atoms with Gasteiger partial charge in [-0.2, -0.15) is 5.10 Å². The predicted octanol–water partition coefficient (Wildman–Crippen LogP) is 2.32. The highest BCUT2D eigenvalue weighted by molar-refractivity contribution is 7.17. The van der Waals surface area contributed by atoms with E-state index >= 15 is 0 Å². The van der Waals surface area contributed by atoms with Crippen LogP contribution in [0.15, 0.2) is 17.8 Å². The first-order valence-corrected chi connectivity index (χ1v) is 8.19. The van der Waals surface area contributed by atoms with E-state index in [2.05, 4.69) is 30.5 Å². The van der Waals surface area contributed by atoms with Gasteiger partial charge in [-0.05, 0) is 24.3 Å². The number of aromatic nitrogens is 5. The highest BCUT2D eigenvalue weighted by Gasteiger charge is 2.20. The summed E-state index contributed by atoms with van der Waals surface area (Å²) in [5, 5.41) is 12.7. The van der Waals surface area contributed by atoms with Gasteiger partial charge in [0.25, 0.3) is 0 Å². The fourth-order valence-electron chi connectivity index (χ4n) is 2.61. The smallest absolute Gasteiger partial charge is 0.154 e. The molecule has 0 aromatic carbocycles. The van der Waals surface area contributed by atoms with Gasteiger partial charge in [-0.25, -0.2) is 15.0 Å². The van der Waals surface area contributed by atoms with Crippen molar-refractivity contribution in [2.45, 2.75) is 25.3 Å². The Morgan fingerprint density at radius 2 is 2.23 bits per heavy atom. The van der Waals surface area contributed by atoms with Crippen molar-refractivity contribution in [3.63, 3.8) is 0 Å². The molecule has 1 saturated heterocycles. The molecule has 3 aromatic heterocycles. The molecule has 4 rings (SSSR count). The number of hydrogen-bond acceptors (Lipinski definition) is 7. The Labute approximate surface area is 131 Å². The quantitative estimate of drug-likeness (QED) is 0.768. The molecule has 0 aliphatic carbocycles. The summed E-state index contributed by atoms with van der Waals surface area (Å²) >= 11 is 1.63. The zero-order valence-corrected chi connectivity index (χ0v) is 12.8. The molecule has 3 aromatic rings. The molecule has 1 aliphatic heterocycles. The molecule has 114 valence electrons. The summed E-state index contributed by atoms with van der Waals surface area (Å²) in [6.07, 6.45) is 3.56. The summed E-state index contributed by atoms with van der Waals surface area (Å²) in [5.41, 5.74) is 0.961. The summed E-state index contributed by atoms with van der Waals surface area (Å²) in [7, 11) is 0. The minimum Gasteiger partial charge on any atom is -0.381 e. The number of hydrogen-bond donors (Lipinski definition) is 2. The van der Waals surface area contributed by atoms with E-state index in [0.717, 1.165) is 53.7 Å². The Balaban J connectivity index is 1.45. The molecule has 4 heterocycles. The molecule has 0 atom stereocenters. The number of anilines is 1. The zero-order valence-electron chi connectivity index (χ0n) is 12.0. The van der Waals surface area contributed by atoms with Gasteiger partial charge in [0.1, 0.15) is 18.0 Å². The van der Waals surface area contributed by atoms with Crippen molar-refractivity contribution >= 4 is 27.4 Å². The number of ether oxygens (including phenoxy) is 1. The van der Waals surface area contributed by atoms with Crippen LogP contribution in [0.2, 0.25) is 0 Å². The van der Waals surface area contributed by atoms with E-state index in [1.165, 1.54) is 0 Å². The predicted molar refractivity (Wildman–Crippen MR) is 83.9 cm³/mol. The third-order valence-corrected chi connectivity index (χ3v) is 4.71. The molecule has 1 fully saturated rings. The van der Waals surface area contributed by atoms with E-state index in [1.54, 1.807) is 17.7 Å². The van der Waals surface area contributed by atoms with Crippen LogP contribution in [0.1, 0.15) is 30.4 Å². The number of H-pyrrole nitrogens is 1. The molecule has 0 unspecified atom stereocenters. The van der Waals surface area contributed by atoms with E-state index in [1.807, 2.05) is 11.4 Å². The fourth-order valence-corrected chi connectivity index (χ4v) is 3.42. The van der Waals surface area contributed by atoms with E-state index in [4.69, 9.17) is 4.74 Å². The van der Waals surface area contributed by atoms with Crippen LogP contribution in [0.5, 0.6) is 0 Å². The summed E-state index contributed by atoms with van der Waals surface area (Å²) in [6.45, 7) is 2.16. The van der Waals surface area contributed by atoms with Gasteiger partial charge >= 0.3 is 0 Å². The lowest BCUT2D eigenvalue weighted by Crippen LogP contribution is -2.15. The average molecular weight is 316 g/mol. The van der Waals surface area contributed by atoms with Crippen LogP contribution in [-0.2, 0) is 11.3 Å². The topological polar surface area (TPSA) is 88.6 Å². The third kappa shape index (κ3) is 2.67. The molecule has 0 radical (unpaired) electrons. The maximum atomic E-state index is 5.38. The van der Waals surface area contributed by atoms with Gasteiger partial charge < -0.3 is 10.1 Å². The second kappa shape index (κ2) is 5.98. The number of nitrogens with zero attached hydrogens (tertiary/aromatic N) is 4. The van der Waals surface area contributed by atoms with Gasteiger partial charge in [-0.3, -0.25) is 5.10 Å². The van der Waals surface area contributed by atoms with Crippen molar-refractivity contribution in [1.82, 2.24) is 25.1 Å². The molecule has 0 spiro atoms. The van der Waals surface area contributed by atoms with Gasteiger partial charge in [0.15, 0.2) is 5.82 Å². The third-order valence-electron chi connectivity index (χ3n) is 3.80. The van der Waals surface area contributed by atoms with Gasteiger partial charge in [-0.1, -0.05) is 0 Å². The highest BCUT2D eigenvalue weighted by Crippen LogP contribution is 2.26. The van der Waals surface area contributed by atoms with Crippen molar-refractivity contribution in [3.8, 4) is 0 Å². The van der Waals surface area contributed by atoms with Crippen molar-refractivity contribution < 1.29 is 4.74 Å². The number of rotatable bonds is 4. The summed E-state index contributed by atoms with van der Waals surface area (Å²) in [5.74, 6) is 2.96. The summed E-state index contributed by atoms with van der Waals surface area (Å²) in [6, 6.07) is 1.99.